The summed E-state index contributed by atoms with van der Waals surface area (Å²) in [7, 11) is 0. The molecule has 0 aliphatic heterocycles. The van der Waals surface area contributed by atoms with E-state index < -0.39 is 0 Å². The number of amides is 1. The lowest BCUT2D eigenvalue weighted by Gasteiger charge is -2.11. The van der Waals surface area contributed by atoms with Gasteiger partial charge in [0.05, 0.1) is 6.54 Å². The van der Waals surface area contributed by atoms with Gasteiger partial charge in [0.15, 0.2) is 0 Å². The van der Waals surface area contributed by atoms with E-state index in [1.807, 2.05) is 0 Å². The Hall–Kier alpha value is -1.68. The topological polar surface area (TPSA) is 41.1 Å². The molecule has 0 bridgehead atoms. The molecular weight excluding hydrogens is 219 g/mol. The van der Waals surface area contributed by atoms with Crippen molar-refractivity contribution in [3.8, 4) is 0 Å². The zero-order valence-corrected chi connectivity index (χ0v) is 9.45. The van der Waals surface area contributed by atoms with Crippen LogP contribution in [0, 0.1) is 5.82 Å². The van der Waals surface area contributed by atoms with Gasteiger partial charge in [-0.15, -0.1) is 0 Å². The van der Waals surface area contributed by atoms with Crippen LogP contribution in [0.1, 0.15) is 12.8 Å². The average Bonchev–Trinajstić information content (AvgIpc) is 2.83. The highest BCUT2D eigenvalue weighted by Crippen LogP contribution is 2.09. The highest BCUT2D eigenvalue weighted by atomic mass is 19.1. The summed E-state index contributed by atoms with van der Waals surface area (Å²) in [6.45, 7) is 0.281. The third-order valence-electron chi connectivity index (χ3n) is 2.69. The SMILES string of the molecule is O=C(CNC1CC=CC1)Nc1ccc(F)cc1. The molecule has 90 valence electrons. The Bertz CT molecular complexity index is 406. The number of carbonyl (C=O) groups is 1. The monoisotopic (exact) mass is 234 g/mol. The van der Waals surface area contributed by atoms with Gasteiger partial charge in [0.1, 0.15) is 5.82 Å². The van der Waals surface area contributed by atoms with Gasteiger partial charge < -0.3 is 10.6 Å². The van der Waals surface area contributed by atoms with Crippen LogP contribution in [-0.4, -0.2) is 18.5 Å². The molecule has 1 aliphatic rings. The van der Waals surface area contributed by atoms with Crippen molar-refractivity contribution in [2.75, 3.05) is 11.9 Å². The number of nitrogens with one attached hydrogen (secondary N) is 2. The molecule has 0 saturated carbocycles. The molecule has 0 atom stereocenters. The van der Waals surface area contributed by atoms with E-state index in [1.165, 1.54) is 12.1 Å². The summed E-state index contributed by atoms with van der Waals surface area (Å²) >= 11 is 0. The molecule has 1 amide bonds. The number of rotatable bonds is 4. The second kappa shape index (κ2) is 5.59. The quantitative estimate of drug-likeness (QED) is 0.783. The van der Waals surface area contributed by atoms with Crippen LogP contribution in [0.4, 0.5) is 10.1 Å². The first-order chi connectivity index (χ1) is 8.24. The summed E-state index contributed by atoms with van der Waals surface area (Å²) in [6.07, 6.45) is 6.17. The van der Waals surface area contributed by atoms with Gasteiger partial charge in [-0.2, -0.15) is 0 Å². The first-order valence-electron chi connectivity index (χ1n) is 5.68. The lowest BCUT2D eigenvalue weighted by Crippen LogP contribution is -2.34. The number of anilines is 1. The highest BCUT2D eigenvalue weighted by molar-refractivity contribution is 5.92. The molecule has 0 saturated heterocycles. The van der Waals surface area contributed by atoms with Gasteiger partial charge in [-0.05, 0) is 37.1 Å². The van der Waals surface area contributed by atoms with Crippen molar-refractivity contribution in [1.29, 1.82) is 0 Å². The maximum atomic E-state index is 12.6. The van der Waals surface area contributed by atoms with E-state index in [1.54, 1.807) is 12.1 Å². The molecule has 0 fully saturated rings. The zero-order valence-electron chi connectivity index (χ0n) is 9.45. The number of carbonyl (C=O) groups excluding carboxylic acids is 1. The maximum absolute atomic E-state index is 12.6. The third kappa shape index (κ3) is 3.67. The fourth-order valence-corrected chi connectivity index (χ4v) is 1.76. The highest BCUT2D eigenvalue weighted by Gasteiger charge is 2.11. The molecule has 0 radical (unpaired) electrons. The predicted octanol–water partition coefficient (Wildman–Crippen LogP) is 2.07. The van der Waals surface area contributed by atoms with Crippen molar-refractivity contribution in [3.63, 3.8) is 0 Å². The third-order valence-corrected chi connectivity index (χ3v) is 2.69. The van der Waals surface area contributed by atoms with Crippen LogP contribution in [0.2, 0.25) is 0 Å². The molecule has 0 aromatic heterocycles. The molecular formula is C13H15FN2O. The summed E-state index contributed by atoms with van der Waals surface area (Å²) < 4.78 is 12.6. The summed E-state index contributed by atoms with van der Waals surface area (Å²) in [5.74, 6) is -0.415. The van der Waals surface area contributed by atoms with Crippen LogP contribution in [-0.2, 0) is 4.79 Å². The van der Waals surface area contributed by atoms with E-state index in [0.717, 1.165) is 12.8 Å². The van der Waals surface area contributed by atoms with Gasteiger partial charge in [-0.3, -0.25) is 4.79 Å². The van der Waals surface area contributed by atoms with E-state index in [-0.39, 0.29) is 18.3 Å². The molecule has 0 heterocycles. The molecule has 2 N–H and O–H groups in total. The lowest BCUT2D eigenvalue weighted by molar-refractivity contribution is -0.115. The second-order valence-corrected chi connectivity index (χ2v) is 4.08. The Balaban J connectivity index is 1.75. The van der Waals surface area contributed by atoms with Gasteiger partial charge in [0.2, 0.25) is 5.91 Å². The van der Waals surface area contributed by atoms with Crippen molar-refractivity contribution in [3.05, 3.63) is 42.2 Å². The predicted molar refractivity (Wildman–Crippen MR) is 65.2 cm³/mol. The summed E-state index contributed by atoms with van der Waals surface area (Å²) in [6, 6.07) is 6.11. The molecule has 4 heteroatoms. The van der Waals surface area contributed by atoms with Crippen molar-refractivity contribution >= 4 is 11.6 Å². The molecule has 1 aliphatic carbocycles. The fourth-order valence-electron chi connectivity index (χ4n) is 1.76. The van der Waals surface area contributed by atoms with Gasteiger partial charge in [0.25, 0.3) is 0 Å². The lowest BCUT2D eigenvalue weighted by atomic mass is 10.2. The second-order valence-electron chi connectivity index (χ2n) is 4.08. The largest absolute Gasteiger partial charge is 0.325 e. The fraction of sp³-hybridized carbons (Fsp3) is 0.308. The van der Waals surface area contributed by atoms with Gasteiger partial charge in [-0.1, -0.05) is 12.2 Å². The minimum absolute atomic E-state index is 0.108. The van der Waals surface area contributed by atoms with Crippen LogP contribution in [0.15, 0.2) is 36.4 Å². The summed E-state index contributed by atoms with van der Waals surface area (Å²) in [5.41, 5.74) is 0.614. The van der Waals surface area contributed by atoms with Crippen LogP contribution in [0.25, 0.3) is 0 Å². The Kier molecular flexibility index (Phi) is 3.88. The van der Waals surface area contributed by atoms with E-state index >= 15 is 0 Å². The van der Waals surface area contributed by atoms with Crippen molar-refractivity contribution < 1.29 is 9.18 Å². The number of hydrogen-bond donors (Lipinski definition) is 2. The van der Waals surface area contributed by atoms with Gasteiger partial charge in [-0.25, -0.2) is 4.39 Å². The number of hydrogen-bond acceptors (Lipinski definition) is 2. The van der Waals surface area contributed by atoms with Crippen molar-refractivity contribution in [2.45, 2.75) is 18.9 Å². The van der Waals surface area contributed by atoms with Gasteiger partial charge in [0, 0.05) is 11.7 Å². The first-order valence-corrected chi connectivity index (χ1v) is 5.68. The number of benzene rings is 1. The Morgan fingerprint density at radius 1 is 1.24 bits per heavy atom. The molecule has 0 unspecified atom stereocenters. The van der Waals surface area contributed by atoms with Crippen LogP contribution >= 0.6 is 0 Å². The van der Waals surface area contributed by atoms with E-state index in [4.69, 9.17) is 0 Å². The van der Waals surface area contributed by atoms with E-state index in [9.17, 15) is 9.18 Å². The van der Waals surface area contributed by atoms with Crippen molar-refractivity contribution in [2.24, 2.45) is 0 Å². The molecule has 1 aromatic carbocycles. The maximum Gasteiger partial charge on any atom is 0.238 e. The minimum atomic E-state index is -0.307. The standard InChI is InChI=1S/C13H15FN2O/c14-10-5-7-12(8-6-10)16-13(17)9-15-11-3-1-2-4-11/h1-2,5-8,11,15H,3-4,9H2,(H,16,17). The van der Waals surface area contributed by atoms with Crippen LogP contribution in [0.5, 0.6) is 0 Å². The molecule has 1 aromatic rings. The van der Waals surface area contributed by atoms with Crippen molar-refractivity contribution in [1.82, 2.24) is 5.32 Å². The van der Waals surface area contributed by atoms with Crippen LogP contribution in [0.3, 0.4) is 0 Å². The zero-order chi connectivity index (χ0) is 12.1. The first kappa shape index (κ1) is 11.8. The smallest absolute Gasteiger partial charge is 0.238 e. The summed E-state index contributed by atoms with van der Waals surface area (Å²) in [4.78, 5) is 11.6. The average molecular weight is 234 g/mol. The van der Waals surface area contributed by atoms with Gasteiger partial charge >= 0.3 is 0 Å². The van der Waals surface area contributed by atoms with E-state index in [2.05, 4.69) is 22.8 Å². The number of halogens is 1. The Labute approximate surface area is 99.7 Å². The summed E-state index contributed by atoms with van der Waals surface area (Å²) in [5, 5.41) is 5.87. The Morgan fingerprint density at radius 3 is 2.53 bits per heavy atom. The molecule has 17 heavy (non-hydrogen) atoms. The normalized spacial score (nSPS) is 15.1. The van der Waals surface area contributed by atoms with Crippen LogP contribution < -0.4 is 10.6 Å². The molecule has 0 spiro atoms. The molecule has 2 rings (SSSR count). The minimum Gasteiger partial charge on any atom is -0.325 e. The molecule has 3 nitrogen and oxygen atoms in total. The van der Waals surface area contributed by atoms with E-state index in [0.29, 0.717) is 11.7 Å². The Morgan fingerprint density at radius 2 is 1.88 bits per heavy atom.